The van der Waals surface area contributed by atoms with Crippen molar-refractivity contribution in [2.75, 3.05) is 0 Å². The molecular formula is C14H9ClN2O3S3. The highest BCUT2D eigenvalue weighted by atomic mass is 35.5. The van der Waals surface area contributed by atoms with Crippen LogP contribution in [-0.4, -0.2) is 19.3 Å². The zero-order chi connectivity index (χ0) is 16.4. The van der Waals surface area contributed by atoms with Crippen LogP contribution in [0.25, 0.3) is 10.6 Å². The SMILES string of the molecule is O=C(NS(=O)(=O)c1ccc(Cl)s1)c1csc(-c2ccccc2)n1. The maximum absolute atomic E-state index is 12.1. The van der Waals surface area contributed by atoms with Crippen molar-refractivity contribution in [3.05, 3.63) is 57.9 Å². The minimum Gasteiger partial charge on any atom is -0.266 e. The molecule has 0 radical (unpaired) electrons. The third kappa shape index (κ3) is 3.61. The number of thiophene rings is 1. The highest BCUT2D eigenvalue weighted by molar-refractivity contribution is 7.92. The van der Waals surface area contributed by atoms with Gasteiger partial charge in [-0.1, -0.05) is 41.9 Å². The van der Waals surface area contributed by atoms with Crippen LogP contribution in [0, 0.1) is 0 Å². The van der Waals surface area contributed by atoms with Gasteiger partial charge < -0.3 is 0 Å². The fourth-order valence-electron chi connectivity index (χ4n) is 1.76. The van der Waals surface area contributed by atoms with Gasteiger partial charge in [0.1, 0.15) is 14.9 Å². The smallest absolute Gasteiger partial charge is 0.266 e. The van der Waals surface area contributed by atoms with Crippen LogP contribution < -0.4 is 4.72 Å². The van der Waals surface area contributed by atoms with E-state index in [4.69, 9.17) is 11.6 Å². The molecule has 2 aromatic heterocycles. The molecule has 3 rings (SSSR count). The molecule has 5 nitrogen and oxygen atoms in total. The standard InChI is InChI=1S/C14H9ClN2O3S3/c15-11-6-7-12(22-11)23(19,20)17-13(18)10-8-21-14(16-10)9-4-2-1-3-5-9/h1-8H,(H,17,18). The number of sulfonamides is 1. The largest absolute Gasteiger partial charge is 0.284 e. The van der Waals surface area contributed by atoms with Crippen molar-refractivity contribution >= 4 is 50.2 Å². The molecule has 0 aliphatic heterocycles. The maximum Gasteiger partial charge on any atom is 0.284 e. The Labute approximate surface area is 145 Å². The molecule has 1 N–H and O–H groups in total. The van der Waals surface area contributed by atoms with Gasteiger partial charge in [-0.05, 0) is 12.1 Å². The van der Waals surface area contributed by atoms with Crippen molar-refractivity contribution in [3.63, 3.8) is 0 Å². The Hall–Kier alpha value is -1.74. The fourth-order valence-corrected chi connectivity index (χ4v) is 5.01. The van der Waals surface area contributed by atoms with E-state index in [2.05, 4.69) is 4.98 Å². The van der Waals surface area contributed by atoms with E-state index in [9.17, 15) is 13.2 Å². The fraction of sp³-hybridized carbons (Fsp3) is 0. The number of aromatic nitrogens is 1. The highest BCUT2D eigenvalue weighted by Crippen LogP contribution is 2.26. The van der Waals surface area contributed by atoms with Gasteiger partial charge in [0.25, 0.3) is 15.9 Å². The molecule has 118 valence electrons. The number of nitrogens with zero attached hydrogens (tertiary/aromatic N) is 1. The maximum atomic E-state index is 12.1. The first-order chi connectivity index (χ1) is 11.0. The minimum absolute atomic E-state index is 0.0191. The summed E-state index contributed by atoms with van der Waals surface area (Å²) in [4.78, 5) is 16.3. The van der Waals surface area contributed by atoms with Gasteiger partial charge in [0.2, 0.25) is 0 Å². The van der Waals surface area contributed by atoms with Crippen LogP contribution in [0.4, 0.5) is 0 Å². The third-order valence-corrected chi connectivity index (χ3v) is 6.74. The average molecular weight is 385 g/mol. The Kier molecular flexibility index (Phi) is 4.49. The lowest BCUT2D eigenvalue weighted by Gasteiger charge is -2.02. The third-order valence-electron chi connectivity index (χ3n) is 2.80. The molecule has 0 atom stereocenters. The van der Waals surface area contributed by atoms with E-state index < -0.39 is 15.9 Å². The summed E-state index contributed by atoms with van der Waals surface area (Å²) in [5, 5.41) is 2.17. The van der Waals surface area contributed by atoms with E-state index in [0.717, 1.165) is 16.9 Å². The van der Waals surface area contributed by atoms with Crippen molar-refractivity contribution < 1.29 is 13.2 Å². The number of halogens is 1. The molecule has 0 bridgehead atoms. The molecule has 0 aliphatic carbocycles. The monoisotopic (exact) mass is 384 g/mol. The minimum atomic E-state index is -3.94. The summed E-state index contributed by atoms with van der Waals surface area (Å²) in [6.07, 6.45) is 0. The normalized spacial score (nSPS) is 11.3. The van der Waals surface area contributed by atoms with E-state index in [-0.39, 0.29) is 9.90 Å². The van der Waals surface area contributed by atoms with Crippen LogP contribution in [-0.2, 0) is 10.0 Å². The molecule has 23 heavy (non-hydrogen) atoms. The number of rotatable bonds is 4. The van der Waals surface area contributed by atoms with Gasteiger partial charge >= 0.3 is 0 Å². The van der Waals surface area contributed by atoms with Crippen molar-refractivity contribution in [1.82, 2.24) is 9.71 Å². The van der Waals surface area contributed by atoms with E-state index >= 15 is 0 Å². The lowest BCUT2D eigenvalue weighted by molar-refractivity contribution is 0.0977. The number of hydrogen-bond donors (Lipinski definition) is 1. The Balaban J connectivity index is 1.81. The molecule has 2 heterocycles. The molecule has 0 saturated carbocycles. The second kappa shape index (κ2) is 6.40. The lowest BCUT2D eigenvalue weighted by Crippen LogP contribution is -2.30. The first-order valence-corrected chi connectivity index (χ1v) is 9.85. The molecule has 1 aromatic carbocycles. The molecule has 0 spiro atoms. The van der Waals surface area contributed by atoms with Gasteiger partial charge in [0, 0.05) is 10.9 Å². The second-order valence-electron chi connectivity index (χ2n) is 4.40. The summed E-state index contributed by atoms with van der Waals surface area (Å²) in [7, 11) is -3.94. The van der Waals surface area contributed by atoms with Gasteiger partial charge in [-0.3, -0.25) is 4.79 Å². The number of nitrogens with one attached hydrogen (secondary N) is 1. The Morgan fingerprint density at radius 2 is 1.87 bits per heavy atom. The topological polar surface area (TPSA) is 76.1 Å². The van der Waals surface area contributed by atoms with E-state index in [1.807, 2.05) is 35.1 Å². The van der Waals surface area contributed by atoms with Crippen molar-refractivity contribution in [3.8, 4) is 10.6 Å². The Morgan fingerprint density at radius 1 is 1.13 bits per heavy atom. The molecular weight excluding hydrogens is 376 g/mol. The second-order valence-corrected chi connectivity index (χ2v) is 8.88. The molecule has 0 fully saturated rings. The van der Waals surface area contributed by atoms with E-state index in [1.165, 1.54) is 28.8 Å². The van der Waals surface area contributed by atoms with Crippen LogP contribution in [0.5, 0.6) is 0 Å². The lowest BCUT2D eigenvalue weighted by atomic mass is 10.2. The van der Waals surface area contributed by atoms with Gasteiger partial charge in [-0.25, -0.2) is 18.1 Å². The first kappa shape index (κ1) is 16.1. The molecule has 0 aliphatic rings. The number of benzene rings is 1. The predicted molar refractivity (Wildman–Crippen MR) is 91.5 cm³/mol. The van der Waals surface area contributed by atoms with E-state index in [0.29, 0.717) is 9.34 Å². The molecule has 0 unspecified atom stereocenters. The van der Waals surface area contributed by atoms with Crippen LogP contribution in [0.2, 0.25) is 4.34 Å². The van der Waals surface area contributed by atoms with E-state index in [1.54, 1.807) is 0 Å². The van der Waals surface area contributed by atoms with Crippen molar-refractivity contribution in [2.45, 2.75) is 4.21 Å². The number of amides is 1. The zero-order valence-corrected chi connectivity index (χ0v) is 14.6. The van der Waals surface area contributed by atoms with Crippen LogP contribution in [0.3, 0.4) is 0 Å². The number of thiazole rings is 1. The number of carbonyl (C=O) groups is 1. The van der Waals surface area contributed by atoms with Gasteiger partial charge in [-0.2, -0.15) is 0 Å². The van der Waals surface area contributed by atoms with Gasteiger partial charge in [0.05, 0.1) is 4.34 Å². The summed E-state index contributed by atoms with van der Waals surface area (Å²) in [5.74, 6) is -0.770. The highest BCUT2D eigenvalue weighted by Gasteiger charge is 2.22. The summed E-state index contributed by atoms with van der Waals surface area (Å²) < 4.78 is 26.5. The number of hydrogen-bond acceptors (Lipinski definition) is 6. The quantitative estimate of drug-likeness (QED) is 0.745. The Morgan fingerprint density at radius 3 is 2.52 bits per heavy atom. The molecule has 9 heteroatoms. The van der Waals surface area contributed by atoms with Crippen LogP contribution in [0.1, 0.15) is 10.5 Å². The zero-order valence-electron chi connectivity index (χ0n) is 11.4. The Bertz CT molecular complexity index is 949. The summed E-state index contributed by atoms with van der Waals surface area (Å²) >= 11 is 7.87. The predicted octanol–water partition coefficient (Wildman–Crippen LogP) is 3.64. The molecule has 1 amide bonds. The summed E-state index contributed by atoms with van der Waals surface area (Å²) in [5.41, 5.74) is 0.921. The summed E-state index contributed by atoms with van der Waals surface area (Å²) in [6, 6.07) is 12.1. The number of carbonyl (C=O) groups excluding carboxylic acids is 1. The van der Waals surface area contributed by atoms with Gasteiger partial charge in [-0.15, -0.1) is 22.7 Å². The van der Waals surface area contributed by atoms with Crippen molar-refractivity contribution in [1.29, 1.82) is 0 Å². The van der Waals surface area contributed by atoms with Crippen LogP contribution in [0.15, 0.2) is 52.1 Å². The first-order valence-electron chi connectivity index (χ1n) is 6.29. The van der Waals surface area contributed by atoms with Gasteiger partial charge in [0.15, 0.2) is 0 Å². The molecule has 3 aromatic rings. The van der Waals surface area contributed by atoms with Crippen molar-refractivity contribution in [2.24, 2.45) is 0 Å². The summed E-state index contributed by atoms with van der Waals surface area (Å²) in [6.45, 7) is 0. The average Bonchev–Trinajstić information content (AvgIpc) is 3.17. The van der Waals surface area contributed by atoms with Crippen LogP contribution >= 0.6 is 34.3 Å². The molecule has 0 saturated heterocycles.